The van der Waals surface area contributed by atoms with Crippen LogP contribution in [0.1, 0.15) is 11.3 Å². The predicted octanol–water partition coefficient (Wildman–Crippen LogP) is 1.35. The molecule has 0 fully saturated rings. The Kier molecular flexibility index (Phi) is 1.18. The first-order valence-electron chi connectivity index (χ1n) is 3.55. The smallest absolute Gasteiger partial charge is 0.155 e. The van der Waals surface area contributed by atoms with E-state index in [2.05, 4.69) is 23.1 Å². The molecule has 0 atom stereocenters. The number of fused-ring (bicyclic) bond motifs is 1. The normalized spacial score (nSPS) is 10.7. The first-order valence-corrected chi connectivity index (χ1v) is 3.55. The summed E-state index contributed by atoms with van der Waals surface area (Å²) in [6, 6.07) is 4.02. The number of nitrogens with zero attached hydrogens (tertiary/aromatic N) is 3. The lowest BCUT2D eigenvalue weighted by Crippen LogP contribution is -1.95. The molecular weight excluding hydrogens is 138 g/mol. The van der Waals surface area contributed by atoms with Crippen LogP contribution in [-0.4, -0.2) is 14.6 Å². The molecule has 3 heteroatoms. The first kappa shape index (κ1) is 6.34. The molecule has 2 rings (SSSR count). The van der Waals surface area contributed by atoms with Crippen molar-refractivity contribution in [1.29, 1.82) is 0 Å². The summed E-state index contributed by atoms with van der Waals surface area (Å²) >= 11 is 0. The molecule has 0 amide bonds. The SMILES string of the molecule is Cc1ccc2ncnn2c1C. The Morgan fingerprint density at radius 2 is 2.09 bits per heavy atom. The highest BCUT2D eigenvalue weighted by atomic mass is 15.3. The number of hydrogen-bond acceptors (Lipinski definition) is 2. The van der Waals surface area contributed by atoms with E-state index in [1.165, 1.54) is 5.56 Å². The van der Waals surface area contributed by atoms with Crippen LogP contribution in [0.25, 0.3) is 5.65 Å². The van der Waals surface area contributed by atoms with Gasteiger partial charge in [0.2, 0.25) is 0 Å². The number of aromatic nitrogens is 3. The number of hydrogen-bond donors (Lipinski definition) is 0. The molecule has 2 heterocycles. The molecule has 0 aliphatic rings. The Hall–Kier alpha value is -1.38. The second-order valence-corrected chi connectivity index (χ2v) is 2.63. The minimum absolute atomic E-state index is 0.910. The first-order chi connectivity index (χ1) is 5.29. The molecule has 0 aliphatic carbocycles. The topological polar surface area (TPSA) is 30.2 Å². The minimum atomic E-state index is 0.910. The van der Waals surface area contributed by atoms with Gasteiger partial charge in [-0.05, 0) is 25.5 Å². The molecule has 11 heavy (non-hydrogen) atoms. The second kappa shape index (κ2) is 2.05. The summed E-state index contributed by atoms with van der Waals surface area (Å²) in [7, 11) is 0. The van der Waals surface area contributed by atoms with E-state index in [-0.39, 0.29) is 0 Å². The zero-order valence-corrected chi connectivity index (χ0v) is 6.57. The van der Waals surface area contributed by atoms with E-state index in [4.69, 9.17) is 0 Å². The van der Waals surface area contributed by atoms with Crippen molar-refractivity contribution in [2.45, 2.75) is 13.8 Å². The Morgan fingerprint density at radius 1 is 1.27 bits per heavy atom. The standard InChI is InChI=1S/C8H9N3/c1-6-3-4-8-9-5-10-11(8)7(6)2/h3-5H,1-2H3. The highest BCUT2D eigenvalue weighted by Gasteiger charge is 1.99. The van der Waals surface area contributed by atoms with Crippen molar-refractivity contribution in [2.24, 2.45) is 0 Å². The summed E-state index contributed by atoms with van der Waals surface area (Å²) in [6.45, 7) is 4.10. The van der Waals surface area contributed by atoms with Gasteiger partial charge < -0.3 is 0 Å². The fraction of sp³-hybridized carbons (Fsp3) is 0.250. The van der Waals surface area contributed by atoms with Crippen LogP contribution >= 0.6 is 0 Å². The largest absolute Gasteiger partial charge is 0.218 e. The zero-order chi connectivity index (χ0) is 7.84. The van der Waals surface area contributed by atoms with E-state index in [1.54, 1.807) is 6.33 Å². The van der Waals surface area contributed by atoms with Crippen molar-refractivity contribution in [3.8, 4) is 0 Å². The molecule has 0 N–H and O–H groups in total. The van der Waals surface area contributed by atoms with Gasteiger partial charge in [-0.3, -0.25) is 0 Å². The Morgan fingerprint density at radius 3 is 2.91 bits per heavy atom. The quantitative estimate of drug-likeness (QED) is 0.563. The van der Waals surface area contributed by atoms with E-state index in [0.717, 1.165) is 11.3 Å². The van der Waals surface area contributed by atoms with Crippen molar-refractivity contribution in [1.82, 2.24) is 14.6 Å². The molecule has 0 unspecified atom stereocenters. The molecule has 0 saturated carbocycles. The lowest BCUT2D eigenvalue weighted by molar-refractivity contribution is 0.902. The highest BCUT2D eigenvalue weighted by molar-refractivity contribution is 5.40. The van der Waals surface area contributed by atoms with Gasteiger partial charge in [0, 0.05) is 5.69 Å². The summed E-state index contributed by atoms with van der Waals surface area (Å²) in [5.74, 6) is 0. The zero-order valence-electron chi connectivity index (χ0n) is 6.57. The molecule has 0 bridgehead atoms. The van der Waals surface area contributed by atoms with Gasteiger partial charge in [0.15, 0.2) is 5.65 Å². The maximum absolute atomic E-state index is 4.08. The fourth-order valence-electron chi connectivity index (χ4n) is 1.11. The summed E-state index contributed by atoms with van der Waals surface area (Å²) in [5, 5.41) is 4.08. The van der Waals surface area contributed by atoms with Crippen LogP contribution in [0.2, 0.25) is 0 Å². The molecule has 0 aliphatic heterocycles. The molecule has 0 spiro atoms. The maximum Gasteiger partial charge on any atom is 0.155 e. The number of pyridine rings is 1. The fourth-order valence-corrected chi connectivity index (χ4v) is 1.11. The molecule has 2 aromatic rings. The Bertz CT molecular complexity index is 389. The van der Waals surface area contributed by atoms with Gasteiger partial charge in [-0.15, -0.1) is 0 Å². The molecule has 2 aromatic heterocycles. The van der Waals surface area contributed by atoms with Crippen LogP contribution in [-0.2, 0) is 0 Å². The summed E-state index contributed by atoms with van der Waals surface area (Å²) < 4.78 is 1.84. The maximum atomic E-state index is 4.08. The van der Waals surface area contributed by atoms with Gasteiger partial charge in [-0.25, -0.2) is 9.50 Å². The van der Waals surface area contributed by atoms with Crippen LogP contribution in [0.15, 0.2) is 18.5 Å². The Labute approximate surface area is 64.7 Å². The highest BCUT2D eigenvalue weighted by Crippen LogP contribution is 2.07. The average molecular weight is 147 g/mol. The van der Waals surface area contributed by atoms with Crippen molar-refractivity contribution < 1.29 is 0 Å². The van der Waals surface area contributed by atoms with E-state index < -0.39 is 0 Å². The molecule has 0 aromatic carbocycles. The van der Waals surface area contributed by atoms with Gasteiger partial charge >= 0.3 is 0 Å². The average Bonchev–Trinajstić information content (AvgIpc) is 2.45. The molecule has 0 saturated heterocycles. The van der Waals surface area contributed by atoms with Gasteiger partial charge in [0.1, 0.15) is 6.33 Å². The van der Waals surface area contributed by atoms with Crippen LogP contribution in [0.5, 0.6) is 0 Å². The van der Waals surface area contributed by atoms with Crippen molar-refractivity contribution in [3.63, 3.8) is 0 Å². The van der Waals surface area contributed by atoms with Crippen LogP contribution < -0.4 is 0 Å². The van der Waals surface area contributed by atoms with Crippen molar-refractivity contribution in [2.75, 3.05) is 0 Å². The molecule has 3 nitrogen and oxygen atoms in total. The predicted molar refractivity (Wildman–Crippen MR) is 42.5 cm³/mol. The Balaban J connectivity index is 2.93. The van der Waals surface area contributed by atoms with Crippen molar-refractivity contribution >= 4 is 5.65 Å². The van der Waals surface area contributed by atoms with Crippen LogP contribution in [0.4, 0.5) is 0 Å². The molecule has 0 radical (unpaired) electrons. The second-order valence-electron chi connectivity index (χ2n) is 2.63. The van der Waals surface area contributed by atoms with Gasteiger partial charge in [-0.2, -0.15) is 5.10 Å². The molecular formula is C8H9N3. The van der Waals surface area contributed by atoms with Crippen molar-refractivity contribution in [3.05, 3.63) is 29.7 Å². The van der Waals surface area contributed by atoms with Crippen LogP contribution in [0, 0.1) is 13.8 Å². The van der Waals surface area contributed by atoms with Gasteiger partial charge in [-0.1, -0.05) is 6.07 Å². The van der Waals surface area contributed by atoms with Gasteiger partial charge in [0.05, 0.1) is 0 Å². The molecule has 56 valence electrons. The van der Waals surface area contributed by atoms with E-state index in [0.29, 0.717) is 0 Å². The third kappa shape index (κ3) is 0.808. The lowest BCUT2D eigenvalue weighted by atomic mass is 10.2. The lowest BCUT2D eigenvalue weighted by Gasteiger charge is -2.00. The van der Waals surface area contributed by atoms with E-state index in [9.17, 15) is 0 Å². The summed E-state index contributed by atoms with van der Waals surface area (Å²) in [4.78, 5) is 4.07. The van der Waals surface area contributed by atoms with E-state index in [1.807, 2.05) is 17.5 Å². The third-order valence-electron chi connectivity index (χ3n) is 1.94. The number of aryl methyl sites for hydroxylation is 2. The summed E-state index contributed by atoms with van der Waals surface area (Å²) in [6.07, 6.45) is 1.57. The van der Waals surface area contributed by atoms with E-state index >= 15 is 0 Å². The minimum Gasteiger partial charge on any atom is -0.218 e. The summed E-state index contributed by atoms with van der Waals surface area (Å²) in [5.41, 5.74) is 3.30. The monoisotopic (exact) mass is 147 g/mol. The van der Waals surface area contributed by atoms with Crippen LogP contribution in [0.3, 0.4) is 0 Å². The third-order valence-corrected chi connectivity index (χ3v) is 1.94. The van der Waals surface area contributed by atoms with Gasteiger partial charge in [0.25, 0.3) is 0 Å². The number of rotatable bonds is 0.